The van der Waals surface area contributed by atoms with Crippen LogP contribution in [0.3, 0.4) is 0 Å². The van der Waals surface area contributed by atoms with E-state index in [1.165, 1.54) is 0 Å². The number of hydrogen-bond acceptors (Lipinski definition) is 4. The standard InChI is InChI=1S/C6H8N6O2/c1-2(3-7-5(13)11-9-3)4-8-6(14)12-10-4/h2H,1H3,(H2,7,9,11,13)(H2,8,10,12,14). The van der Waals surface area contributed by atoms with Crippen molar-refractivity contribution in [3.63, 3.8) is 0 Å². The zero-order valence-corrected chi connectivity index (χ0v) is 7.29. The van der Waals surface area contributed by atoms with Gasteiger partial charge in [-0.2, -0.15) is 10.2 Å². The van der Waals surface area contributed by atoms with Gasteiger partial charge in [0, 0.05) is 0 Å². The number of H-pyrrole nitrogens is 4. The van der Waals surface area contributed by atoms with Crippen LogP contribution in [0.5, 0.6) is 0 Å². The van der Waals surface area contributed by atoms with Gasteiger partial charge in [0.15, 0.2) is 0 Å². The summed E-state index contributed by atoms with van der Waals surface area (Å²) in [5.41, 5.74) is -0.769. The average molecular weight is 196 g/mol. The summed E-state index contributed by atoms with van der Waals surface area (Å²) in [6, 6.07) is 0. The second-order valence-electron chi connectivity index (χ2n) is 2.85. The fourth-order valence-corrected chi connectivity index (χ4v) is 1.11. The topological polar surface area (TPSA) is 123 Å². The van der Waals surface area contributed by atoms with E-state index in [4.69, 9.17) is 0 Å². The van der Waals surface area contributed by atoms with Crippen LogP contribution in [0.4, 0.5) is 0 Å². The SMILES string of the molecule is CC(c1n[nH]c(=O)[nH]1)c1n[nH]c(=O)[nH]1. The van der Waals surface area contributed by atoms with Crippen LogP contribution < -0.4 is 11.4 Å². The first-order valence-corrected chi connectivity index (χ1v) is 3.96. The first kappa shape index (κ1) is 8.48. The maximum Gasteiger partial charge on any atom is 0.340 e. The lowest BCUT2D eigenvalue weighted by Crippen LogP contribution is -2.06. The van der Waals surface area contributed by atoms with Gasteiger partial charge in [-0.25, -0.2) is 19.8 Å². The monoisotopic (exact) mass is 196 g/mol. The van der Waals surface area contributed by atoms with Gasteiger partial charge in [0.1, 0.15) is 11.6 Å². The van der Waals surface area contributed by atoms with Crippen LogP contribution in [-0.4, -0.2) is 30.4 Å². The molecule has 0 aliphatic carbocycles. The third-order valence-corrected chi connectivity index (χ3v) is 1.86. The molecule has 8 nitrogen and oxygen atoms in total. The van der Waals surface area contributed by atoms with Crippen molar-refractivity contribution in [3.8, 4) is 0 Å². The van der Waals surface area contributed by atoms with Gasteiger partial charge < -0.3 is 0 Å². The molecule has 0 unspecified atom stereocenters. The Bertz CT molecular complexity index is 482. The molecule has 2 heterocycles. The summed E-state index contributed by atoms with van der Waals surface area (Å²) >= 11 is 0. The van der Waals surface area contributed by atoms with Gasteiger partial charge in [-0.3, -0.25) is 9.97 Å². The van der Waals surface area contributed by atoms with Gasteiger partial charge in [-0.05, 0) is 6.92 Å². The average Bonchev–Trinajstić information content (AvgIpc) is 2.73. The molecule has 74 valence electrons. The van der Waals surface area contributed by atoms with Gasteiger partial charge in [0.05, 0.1) is 5.92 Å². The molecular weight excluding hydrogens is 188 g/mol. The van der Waals surface area contributed by atoms with Gasteiger partial charge in [0.25, 0.3) is 0 Å². The summed E-state index contributed by atoms with van der Waals surface area (Å²) in [4.78, 5) is 26.5. The molecule has 2 aromatic rings. The molecule has 0 aliphatic rings. The third-order valence-electron chi connectivity index (χ3n) is 1.86. The first-order chi connectivity index (χ1) is 6.66. The lowest BCUT2D eigenvalue weighted by atomic mass is 10.1. The molecule has 0 amide bonds. The molecule has 2 rings (SSSR count). The molecule has 2 aromatic heterocycles. The second-order valence-corrected chi connectivity index (χ2v) is 2.85. The minimum atomic E-state index is -0.385. The highest BCUT2D eigenvalue weighted by atomic mass is 16.1. The largest absolute Gasteiger partial charge is 0.340 e. The van der Waals surface area contributed by atoms with E-state index >= 15 is 0 Å². The van der Waals surface area contributed by atoms with Gasteiger partial charge >= 0.3 is 11.4 Å². The van der Waals surface area contributed by atoms with E-state index in [1.54, 1.807) is 6.92 Å². The Hall–Kier alpha value is -2.12. The van der Waals surface area contributed by atoms with Crippen molar-refractivity contribution >= 4 is 0 Å². The molecule has 0 atom stereocenters. The molecule has 0 aliphatic heterocycles. The summed E-state index contributed by atoms with van der Waals surface area (Å²) in [6.45, 7) is 1.76. The van der Waals surface area contributed by atoms with Gasteiger partial charge in [-0.15, -0.1) is 0 Å². The van der Waals surface area contributed by atoms with Gasteiger partial charge in [0.2, 0.25) is 0 Å². The predicted molar refractivity (Wildman–Crippen MR) is 45.9 cm³/mol. The van der Waals surface area contributed by atoms with Gasteiger partial charge in [-0.1, -0.05) is 0 Å². The van der Waals surface area contributed by atoms with Crippen LogP contribution in [0.25, 0.3) is 0 Å². The van der Waals surface area contributed by atoms with E-state index in [0.717, 1.165) is 0 Å². The van der Waals surface area contributed by atoms with E-state index in [-0.39, 0.29) is 17.3 Å². The summed E-state index contributed by atoms with van der Waals surface area (Å²) < 4.78 is 0. The Morgan fingerprint density at radius 2 is 1.43 bits per heavy atom. The van der Waals surface area contributed by atoms with Crippen LogP contribution in [0.1, 0.15) is 24.5 Å². The second kappa shape index (κ2) is 2.98. The maximum absolute atomic E-state index is 10.8. The van der Waals surface area contributed by atoms with Crippen molar-refractivity contribution in [1.29, 1.82) is 0 Å². The quantitative estimate of drug-likeness (QED) is 0.474. The number of rotatable bonds is 2. The highest BCUT2D eigenvalue weighted by molar-refractivity contribution is 5.05. The van der Waals surface area contributed by atoms with Crippen molar-refractivity contribution in [2.45, 2.75) is 12.8 Å². The highest BCUT2D eigenvalue weighted by Gasteiger charge is 2.15. The normalized spacial score (nSPS) is 11.0. The molecule has 0 radical (unpaired) electrons. The Morgan fingerprint density at radius 1 is 1.00 bits per heavy atom. The van der Waals surface area contributed by atoms with Crippen molar-refractivity contribution in [3.05, 3.63) is 32.6 Å². The minimum absolute atomic E-state index is 0.270. The molecule has 4 N–H and O–H groups in total. The zero-order valence-electron chi connectivity index (χ0n) is 7.29. The number of aromatic nitrogens is 6. The number of nitrogens with one attached hydrogen (secondary N) is 4. The molecule has 0 saturated heterocycles. The van der Waals surface area contributed by atoms with Crippen molar-refractivity contribution < 1.29 is 0 Å². The first-order valence-electron chi connectivity index (χ1n) is 3.96. The summed E-state index contributed by atoms with van der Waals surface area (Å²) in [5.74, 6) is 0.586. The number of hydrogen-bond donors (Lipinski definition) is 4. The van der Waals surface area contributed by atoms with Crippen LogP contribution in [0.15, 0.2) is 9.59 Å². The zero-order chi connectivity index (χ0) is 10.1. The Balaban J connectivity index is 2.37. The van der Waals surface area contributed by atoms with E-state index < -0.39 is 0 Å². The number of aromatic amines is 4. The summed E-state index contributed by atoms with van der Waals surface area (Å²) in [6.07, 6.45) is 0. The van der Waals surface area contributed by atoms with Crippen molar-refractivity contribution in [2.24, 2.45) is 0 Å². The minimum Gasteiger partial charge on any atom is -0.292 e. The molecule has 0 fully saturated rings. The molecule has 0 saturated carbocycles. The Kier molecular flexibility index (Phi) is 1.80. The highest BCUT2D eigenvalue weighted by Crippen LogP contribution is 2.13. The summed E-state index contributed by atoms with van der Waals surface area (Å²) in [7, 11) is 0. The van der Waals surface area contributed by atoms with Crippen molar-refractivity contribution in [1.82, 2.24) is 30.4 Å². The fraction of sp³-hybridized carbons (Fsp3) is 0.333. The molecule has 0 spiro atoms. The van der Waals surface area contributed by atoms with Crippen LogP contribution >= 0.6 is 0 Å². The Morgan fingerprint density at radius 3 is 1.71 bits per heavy atom. The van der Waals surface area contributed by atoms with Crippen molar-refractivity contribution in [2.75, 3.05) is 0 Å². The third kappa shape index (κ3) is 1.37. The van der Waals surface area contributed by atoms with E-state index in [2.05, 4.69) is 30.4 Å². The lowest BCUT2D eigenvalue weighted by Gasteiger charge is -2.00. The van der Waals surface area contributed by atoms with Crippen LogP contribution in [0.2, 0.25) is 0 Å². The fourth-order valence-electron chi connectivity index (χ4n) is 1.11. The smallest absolute Gasteiger partial charge is 0.292 e. The van der Waals surface area contributed by atoms with Crippen LogP contribution in [-0.2, 0) is 0 Å². The predicted octanol–water partition coefficient (Wildman–Crippen LogP) is -1.34. The summed E-state index contributed by atoms with van der Waals surface area (Å²) in [5, 5.41) is 11.9. The van der Waals surface area contributed by atoms with E-state index in [9.17, 15) is 9.59 Å². The molecule has 8 heteroatoms. The molecule has 14 heavy (non-hydrogen) atoms. The lowest BCUT2D eigenvalue weighted by molar-refractivity contribution is 0.761. The van der Waals surface area contributed by atoms with Crippen LogP contribution in [0, 0.1) is 0 Å². The van der Waals surface area contributed by atoms with E-state index in [0.29, 0.717) is 11.6 Å². The number of nitrogens with zero attached hydrogens (tertiary/aromatic N) is 2. The maximum atomic E-state index is 10.8. The molecular formula is C6H8N6O2. The molecule has 0 bridgehead atoms. The molecule has 0 aromatic carbocycles. The Labute approximate surface area is 76.8 Å². The van der Waals surface area contributed by atoms with E-state index in [1.807, 2.05) is 0 Å².